The van der Waals surface area contributed by atoms with Gasteiger partial charge in [-0.15, -0.1) is 0 Å². The van der Waals surface area contributed by atoms with Crippen molar-refractivity contribution in [2.45, 2.75) is 6.04 Å². The Labute approximate surface area is 162 Å². The number of halogens is 1. The number of hydrazone groups is 1. The maximum Gasteiger partial charge on any atom is 0.271 e. The van der Waals surface area contributed by atoms with Crippen molar-refractivity contribution < 1.29 is 4.79 Å². The number of nitrogens with zero attached hydrogens (tertiary/aromatic N) is 1. The predicted octanol–water partition coefficient (Wildman–Crippen LogP) is 3.67. The molecule has 3 aromatic rings. The van der Waals surface area contributed by atoms with Crippen LogP contribution in [0.1, 0.15) is 22.0 Å². The monoisotopic (exact) mass is 378 g/mol. The van der Waals surface area contributed by atoms with Crippen molar-refractivity contribution >= 4 is 34.5 Å². The second kappa shape index (κ2) is 7.88. The van der Waals surface area contributed by atoms with Gasteiger partial charge >= 0.3 is 0 Å². The molecule has 1 amide bonds. The maximum atomic E-state index is 12.4. The molecule has 4 rings (SSSR count). The molecule has 0 aromatic heterocycles. The predicted molar refractivity (Wildman–Crippen MR) is 109 cm³/mol. The van der Waals surface area contributed by atoms with E-state index < -0.39 is 0 Å². The van der Waals surface area contributed by atoms with Crippen molar-refractivity contribution in [2.75, 3.05) is 6.54 Å². The minimum absolute atomic E-state index is 0.0728. The fraction of sp³-hybridized carbons (Fsp3) is 0.143. The summed E-state index contributed by atoms with van der Waals surface area (Å²) in [5.41, 5.74) is 10.7. The summed E-state index contributed by atoms with van der Waals surface area (Å²) in [5.74, 6) is -0.109. The Balaban J connectivity index is 1.42. The molecule has 2 atom stereocenters. The Bertz CT molecular complexity index is 987. The van der Waals surface area contributed by atoms with Crippen LogP contribution in [-0.2, 0) is 0 Å². The Morgan fingerprint density at radius 2 is 1.85 bits per heavy atom. The fourth-order valence-corrected chi connectivity index (χ4v) is 3.36. The third-order valence-corrected chi connectivity index (χ3v) is 4.95. The van der Waals surface area contributed by atoms with E-state index in [4.69, 9.17) is 11.6 Å². The van der Waals surface area contributed by atoms with Gasteiger partial charge in [-0.2, -0.15) is 5.10 Å². The summed E-state index contributed by atoms with van der Waals surface area (Å²) in [6, 6.07) is 21.3. The van der Waals surface area contributed by atoms with Crippen LogP contribution >= 0.6 is 11.6 Å². The molecule has 27 heavy (non-hydrogen) atoms. The third-order valence-electron chi connectivity index (χ3n) is 4.70. The van der Waals surface area contributed by atoms with E-state index in [0.717, 1.165) is 22.9 Å². The number of amides is 1. The van der Waals surface area contributed by atoms with Crippen LogP contribution in [-0.4, -0.2) is 18.7 Å². The third kappa shape index (κ3) is 4.01. The molecule has 0 spiro atoms. The van der Waals surface area contributed by atoms with Gasteiger partial charge in [0.25, 0.3) is 5.91 Å². The molecule has 1 heterocycles. The van der Waals surface area contributed by atoms with Crippen LogP contribution in [0.4, 0.5) is 0 Å². The van der Waals surface area contributed by atoms with Gasteiger partial charge in [-0.05, 0) is 40.6 Å². The molecule has 136 valence electrons. The first-order valence-electron chi connectivity index (χ1n) is 8.77. The highest BCUT2D eigenvalue weighted by Gasteiger charge is 2.26. The lowest BCUT2D eigenvalue weighted by Gasteiger charge is -2.15. The molecule has 0 saturated carbocycles. The average molecular weight is 379 g/mol. The first-order chi connectivity index (χ1) is 13.2. The summed E-state index contributed by atoms with van der Waals surface area (Å²) in [4.78, 5) is 12.4. The van der Waals surface area contributed by atoms with Gasteiger partial charge in [0.15, 0.2) is 0 Å². The van der Waals surface area contributed by atoms with E-state index in [9.17, 15) is 4.79 Å². The number of nitrogens with one attached hydrogen (secondary N) is 3. The van der Waals surface area contributed by atoms with Gasteiger partial charge in [-0.25, -0.2) is 10.9 Å². The van der Waals surface area contributed by atoms with Gasteiger partial charge in [0.1, 0.15) is 0 Å². The van der Waals surface area contributed by atoms with E-state index in [1.807, 2.05) is 66.7 Å². The topological polar surface area (TPSA) is 65.5 Å². The zero-order chi connectivity index (χ0) is 18.6. The van der Waals surface area contributed by atoms with Crippen molar-refractivity contribution in [1.82, 2.24) is 16.3 Å². The lowest BCUT2D eigenvalue weighted by atomic mass is 9.96. The molecule has 1 aliphatic heterocycles. The van der Waals surface area contributed by atoms with Crippen molar-refractivity contribution in [2.24, 2.45) is 11.0 Å². The van der Waals surface area contributed by atoms with Gasteiger partial charge in [-0.3, -0.25) is 10.2 Å². The molecule has 1 aliphatic rings. The number of fused-ring (bicyclic) bond motifs is 1. The molecule has 2 unspecified atom stereocenters. The SMILES string of the molecule is O=C(N/N=C/C1CNNC1c1ccc(Cl)cc1)c1ccc2ccccc2c1. The van der Waals surface area contributed by atoms with Crippen LogP contribution in [0.2, 0.25) is 5.02 Å². The lowest BCUT2D eigenvalue weighted by molar-refractivity contribution is 0.0955. The molecule has 1 fully saturated rings. The van der Waals surface area contributed by atoms with Crippen LogP contribution in [0.5, 0.6) is 0 Å². The second-order valence-corrected chi connectivity index (χ2v) is 6.94. The number of carbonyl (C=O) groups is 1. The van der Waals surface area contributed by atoms with Gasteiger partial charge < -0.3 is 0 Å². The number of hydrogen-bond acceptors (Lipinski definition) is 4. The van der Waals surface area contributed by atoms with E-state index in [0.29, 0.717) is 10.6 Å². The largest absolute Gasteiger partial charge is 0.271 e. The Kier molecular flexibility index (Phi) is 5.16. The van der Waals surface area contributed by atoms with E-state index in [1.165, 1.54) is 0 Å². The normalized spacial score (nSPS) is 19.6. The van der Waals surface area contributed by atoms with Crippen molar-refractivity contribution in [3.8, 4) is 0 Å². The molecule has 5 nitrogen and oxygen atoms in total. The standard InChI is InChI=1S/C21H19ClN4O/c22-19-9-7-15(8-10-19)20-18(12-23-25-20)13-24-26-21(27)17-6-5-14-3-1-2-4-16(14)11-17/h1-11,13,18,20,23,25H,12H2,(H,26,27)/b24-13+. The molecular weight excluding hydrogens is 360 g/mol. The smallest absolute Gasteiger partial charge is 0.267 e. The number of benzene rings is 3. The number of carbonyl (C=O) groups excluding carboxylic acids is 1. The summed E-state index contributed by atoms with van der Waals surface area (Å²) in [6.07, 6.45) is 1.77. The lowest BCUT2D eigenvalue weighted by Crippen LogP contribution is -2.25. The van der Waals surface area contributed by atoms with E-state index in [-0.39, 0.29) is 17.9 Å². The molecular formula is C21H19ClN4O. The highest BCUT2D eigenvalue weighted by molar-refractivity contribution is 6.30. The summed E-state index contributed by atoms with van der Waals surface area (Å²) in [5, 5.41) is 7.01. The van der Waals surface area contributed by atoms with Crippen LogP contribution in [0.15, 0.2) is 71.8 Å². The Hall–Kier alpha value is -2.73. The fourth-order valence-electron chi connectivity index (χ4n) is 3.24. The quantitative estimate of drug-likeness (QED) is 0.479. The van der Waals surface area contributed by atoms with Crippen LogP contribution in [0.25, 0.3) is 10.8 Å². The molecule has 3 N–H and O–H groups in total. The average Bonchev–Trinajstić information content (AvgIpc) is 3.16. The maximum absolute atomic E-state index is 12.4. The highest BCUT2D eigenvalue weighted by Crippen LogP contribution is 2.24. The van der Waals surface area contributed by atoms with Crippen LogP contribution in [0.3, 0.4) is 0 Å². The second-order valence-electron chi connectivity index (χ2n) is 6.50. The highest BCUT2D eigenvalue weighted by atomic mass is 35.5. The summed E-state index contributed by atoms with van der Waals surface area (Å²) < 4.78 is 0. The first kappa shape index (κ1) is 17.7. The molecule has 6 heteroatoms. The summed E-state index contributed by atoms with van der Waals surface area (Å²) in [6.45, 7) is 0.725. The van der Waals surface area contributed by atoms with E-state index >= 15 is 0 Å². The number of rotatable bonds is 4. The summed E-state index contributed by atoms with van der Waals surface area (Å²) in [7, 11) is 0. The minimum Gasteiger partial charge on any atom is -0.267 e. The van der Waals surface area contributed by atoms with E-state index in [1.54, 1.807) is 6.21 Å². The molecule has 3 aromatic carbocycles. The number of hydrazine groups is 1. The Morgan fingerprint density at radius 1 is 1.07 bits per heavy atom. The molecule has 1 saturated heterocycles. The zero-order valence-electron chi connectivity index (χ0n) is 14.5. The summed E-state index contributed by atoms with van der Waals surface area (Å²) >= 11 is 5.96. The van der Waals surface area contributed by atoms with Crippen LogP contribution < -0.4 is 16.3 Å². The van der Waals surface area contributed by atoms with Gasteiger partial charge in [0.2, 0.25) is 0 Å². The first-order valence-corrected chi connectivity index (χ1v) is 9.15. The van der Waals surface area contributed by atoms with Crippen molar-refractivity contribution in [3.63, 3.8) is 0 Å². The molecule has 0 aliphatic carbocycles. The van der Waals surface area contributed by atoms with Gasteiger partial charge in [0, 0.05) is 29.3 Å². The minimum atomic E-state index is -0.223. The van der Waals surface area contributed by atoms with Crippen molar-refractivity contribution in [3.05, 3.63) is 82.9 Å². The molecule has 0 radical (unpaired) electrons. The van der Waals surface area contributed by atoms with Crippen LogP contribution in [0, 0.1) is 5.92 Å². The number of hydrogen-bond donors (Lipinski definition) is 3. The van der Waals surface area contributed by atoms with Gasteiger partial charge in [-0.1, -0.05) is 54.1 Å². The van der Waals surface area contributed by atoms with E-state index in [2.05, 4.69) is 21.4 Å². The van der Waals surface area contributed by atoms with Gasteiger partial charge in [0.05, 0.1) is 6.04 Å². The Morgan fingerprint density at radius 3 is 2.67 bits per heavy atom. The zero-order valence-corrected chi connectivity index (χ0v) is 15.3. The van der Waals surface area contributed by atoms with Crippen molar-refractivity contribution in [1.29, 1.82) is 0 Å². The molecule has 0 bridgehead atoms.